The molecule has 28 heavy (non-hydrogen) atoms. The van der Waals surface area contributed by atoms with E-state index in [-0.39, 0.29) is 5.75 Å². The molecule has 142 valence electrons. The van der Waals surface area contributed by atoms with Gasteiger partial charge in [-0.15, -0.1) is 0 Å². The van der Waals surface area contributed by atoms with Crippen molar-refractivity contribution < 1.29 is 9.84 Å². The number of rotatable bonds is 1. The highest BCUT2D eigenvalue weighted by molar-refractivity contribution is 5.65. The largest absolute Gasteiger partial charge is 0.508 e. The molecule has 6 nitrogen and oxygen atoms in total. The van der Waals surface area contributed by atoms with Crippen LogP contribution in [0.2, 0.25) is 0 Å². The van der Waals surface area contributed by atoms with Crippen LogP contribution in [0.4, 0.5) is 5.82 Å². The molecule has 0 saturated carbocycles. The van der Waals surface area contributed by atoms with Gasteiger partial charge < -0.3 is 14.7 Å². The third kappa shape index (κ3) is 3.34. The first-order valence-electron chi connectivity index (χ1n) is 9.77. The summed E-state index contributed by atoms with van der Waals surface area (Å²) in [7, 11) is 0. The summed E-state index contributed by atoms with van der Waals surface area (Å²) in [6, 6.07) is 9.60. The van der Waals surface area contributed by atoms with Crippen molar-refractivity contribution in [2.45, 2.75) is 45.1 Å². The van der Waals surface area contributed by atoms with Gasteiger partial charge in [-0.3, -0.25) is 0 Å². The van der Waals surface area contributed by atoms with Gasteiger partial charge in [-0.25, -0.2) is 4.98 Å². The summed E-state index contributed by atoms with van der Waals surface area (Å²) in [6.07, 6.45) is 6.07. The van der Waals surface area contributed by atoms with Crippen molar-refractivity contribution in [1.29, 1.82) is 10.5 Å². The second-order valence-electron chi connectivity index (χ2n) is 7.31. The summed E-state index contributed by atoms with van der Waals surface area (Å²) in [5.41, 5.74) is 3.69. The minimum atomic E-state index is 0.163. The number of phenols is 1. The fraction of sp³-hybridized carbons (Fsp3) is 0.409. The van der Waals surface area contributed by atoms with E-state index in [1.165, 1.54) is 6.42 Å². The van der Waals surface area contributed by atoms with E-state index >= 15 is 0 Å². The molecule has 0 bridgehead atoms. The highest BCUT2D eigenvalue weighted by atomic mass is 16.5. The van der Waals surface area contributed by atoms with Crippen LogP contribution in [0.1, 0.15) is 53.6 Å². The summed E-state index contributed by atoms with van der Waals surface area (Å²) in [4.78, 5) is 6.91. The van der Waals surface area contributed by atoms with Crippen LogP contribution in [0.15, 0.2) is 18.2 Å². The maximum atomic E-state index is 9.86. The second-order valence-corrected chi connectivity index (χ2v) is 7.31. The molecule has 0 unspecified atom stereocenters. The first-order valence-corrected chi connectivity index (χ1v) is 9.77. The van der Waals surface area contributed by atoms with Crippen molar-refractivity contribution >= 4 is 5.82 Å². The highest BCUT2D eigenvalue weighted by Crippen LogP contribution is 2.33. The minimum absolute atomic E-state index is 0.163. The standard InChI is InChI=1S/C22H22N4O2/c23-12-18-17-5-3-1-2-4-6-20(17)25-22(19(18)13-24)26-9-10-28-21-11-16(27)8-7-15(21)14-26/h7-8,11,27H,1-6,9-10,14H2. The Kier molecular flexibility index (Phi) is 5.04. The number of hydrogen-bond donors (Lipinski definition) is 1. The van der Waals surface area contributed by atoms with E-state index < -0.39 is 0 Å². The van der Waals surface area contributed by atoms with Gasteiger partial charge in [0, 0.05) is 23.9 Å². The lowest BCUT2D eigenvalue weighted by Gasteiger charge is -2.25. The number of fused-ring (bicyclic) bond motifs is 2. The van der Waals surface area contributed by atoms with E-state index in [0.29, 0.717) is 42.4 Å². The van der Waals surface area contributed by atoms with Gasteiger partial charge in [-0.1, -0.05) is 12.8 Å². The Labute approximate surface area is 164 Å². The molecule has 0 amide bonds. The van der Waals surface area contributed by atoms with Crippen LogP contribution in [0.25, 0.3) is 0 Å². The smallest absolute Gasteiger partial charge is 0.148 e. The van der Waals surface area contributed by atoms with Gasteiger partial charge in [0.2, 0.25) is 0 Å². The molecule has 1 N–H and O–H groups in total. The van der Waals surface area contributed by atoms with E-state index in [2.05, 4.69) is 12.1 Å². The van der Waals surface area contributed by atoms with Gasteiger partial charge in [-0.2, -0.15) is 10.5 Å². The van der Waals surface area contributed by atoms with Gasteiger partial charge in [0.05, 0.1) is 12.1 Å². The monoisotopic (exact) mass is 374 g/mol. The van der Waals surface area contributed by atoms with Crippen LogP contribution >= 0.6 is 0 Å². The molecular weight excluding hydrogens is 352 g/mol. The maximum Gasteiger partial charge on any atom is 0.148 e. The Hall–Kier alpha value is -3.25. The van der Waals surface area contributed by atoms with Crippen molar-refractivity contribution in [2.24, 2.45) is 0 Å². The molecule has 0 spiro atoms. The normalized spacial score (nSPS) is 16.3. The maximum absolute atomic E-state index is 9.86. The molecule has 0 saturated heterocycles. The SMILES string of the molecule is N#Cc1c(N2CCOc3cc(O)ccc3C2)nc2c(c1C#N)CCCCCC2. The number of pyridine rings is 1. The number of nitriles is 2. The highest BCUT2D eigenvalue weighted by Gasteiger charge is 2.25. The summed E-state index contributed by atoms with van der Waals surface area (Å²) < 4.78 is 5.78. The molecule has 2 aliphatic rings. The second kappa shape index (κ2) is 7.78. The van der Waals surface area contributed by atoms with Gasteiger partial charge in [-0.05, 0) is 43.4 Å². The van der Waals surface area contributed by atoms with Crippen LogP contribution in [0.5, 0.6) is 11.5 Å². The summed E-state index contributed by atoms with van der Waals surface area (Å²) in [6.45, 7) is 1.49. The average molecular weight is 374 g/mol. The van der Waals surface area contributed by atoms with Crippen LogP contribution in [0.3, 0.4) is 0 Å². The lowest BCUT2D eigenvalue weighted by Crippen LogP contribution is -2.28. The van der Waals surface area contributed by atoms with Gasteiger partial charge in [0.25, 0.3) is 0 Å². The Balaban J connectivity index is 1.80. The number of phenolic OH excluding ortho intramolecular Hbond substituents is 1. The molecule has 0 atom stereocenters. The third-order valence-electron chi connectivity index (χ3n) is 5.51. The molecule has 2 heterocycles. The molecule has 4 rings (SSSR count). The van der Waals surface area contributed by atoms with Crippen LogP contribution in [-0.2, 0) is 19.4 Å². The van der Waals surface area contributed by atoms with Gasteiger partial charge in [0.15, 0.2) is 0 Å². The van der Waals surface area contributed by atoms with Crippen LogP contribution in [-0.4, -0.2) is 23.2 Å². The molecule has 6 heteroatoms. The number of ether oxygens (including phenoxy) is 1. The zero-order valence-corrected chi connectivity index (χ0v) is 15.7. The summed E-state index contributed by atoms with van der Waals surface area (Å²) in [5.74, 6) is 1.38. The molecule has 1 aliphatic carbocycles. The summed E-state index contributed by atoms with van der Waals surface area (Å²) in [5, 5.41) is 29.4. The first kappa shape index (κ1) is 18.1. The minimum Gasteiger partial charge on any atom is -0.508 e. The quantitative estimate of drug-likeness (QED) is 0.820. The van der Waals surface area contributed by atoms with E-state index in [1.807, 2.05) is 11.0 Å². The zero-order chi connectivity index (χ0) is 19.5. The lowest BCUT2D eigenvalue weighted by atomic mass is 9.91. The number of aryl methyl sites for hydroxylation is 1. The molecular formula is C22H22N4O2. The number of hydrogen-bond acceptors (Lipinski definition) is 6. The van der Waals surface area contributed by atoms with Crippen molar-refractivity contribution in [3.8, 4) is 23.6 Å². The fourth-order valence-corrected chi connectivity index (χ4v) is 4.08. The summed E-state index contributed by atoms with van der Waals surface area (Å²) >= 11 is 0. The zero-order valence-electron chi connectivity index (χ0n) is 15.7. The van der Waals surface area contributed by atoms with E-state index in [4.69, 9.17) is 9.72 Å². The van der Waals surface area contributed by atoms with E-state index in [1.54, 1.807) is 12.1 Å². The van der Waals surface area contributed by atoms with Gasteiger partial charge in [0.1, 0.15) is 41.6 Å². The molecule has 0 radical (unpaired) electrons. The molecule has 1 aliphatic heterocycles. The fourth-order valence-electron chi connectivity index (χ4n) is 4.08. The van der Waals surface area contributed by atoms with Crippen molar-refractivity contribution in [3.05, 3.63) is 46.1 Å². The molecule has 1 aromatic carbocycles. The number of aromatic hydroxyl groups is 1. The predicted octanol–water partition coefficient (Wildman–Crippen LogP) is 3.59. The van der Waals surface area contributed by atoms with Crippen LogP contribution in [0, 0.1) is 22.7 Å². The number of nitrogens with zero attached hydrogens (tertiary/aromatic N) is 4. The number of anilines is 1. The Morgan fingerprint density at radius 2 is 1.82 bits per heavy atom. The predicted molar refractivity (Wildman–Crippen MR) is 104 cm³/mol. The Morgan fingerprint density at radius 1 is 1.04 bits per heavy atom. The van der Waals surface area contributed by atoms with Crippen molar-refractivity contribution in [1.82, 2.24) is 4.98 Å². The molecule has 2 aromatic rings. The third-order valence-corrected chi connectivity index (χ3v) is 5.51. The topological polar surface area (TPSA) is 93.2 Å². The number of aromatic nitrogens is 1. The molecule has 0 fully saturated rings. The van der Waals surface area contributed by atoms with E-state index in [0.717, 1.165) is 48.9 Å². The lowest BCUT2D eigenvalue weighted by molar-refractivity contribution is 0.329. The Morgan fingerprint density at radius 3 is 2.61 bits per heavy atom. The average Bonchev–Trinajstić information content (AvgIpc) is 2.89. The molecule has 1 aromatic heterocycles. The van der Waals surface area contributed by atoms with Crippen LogP contribution < -0.4 is 9.64 Å². The number of benzene rings is 1. The van der Waals surface area contributed by atoms with Crippen molar-refractivity contribution in [2.75, 3.05) is 18.1 Å². The van der Waals surface area contributed by atoms with Gasteiger partial charge >= 0.3 is 0 Å². The van der Waals surface area contributed by atoms with E-state index in [9.17, 15) is 15.6 Å². The van der Waals surface area contributed by atoms with Crippen molar-refractivity contribution in [3.63, 3.8) is 0 Å². The first-order chi connectivity index (χ1) is 13.7. The Bertz CT molecular complexity index is 987.